The summed E-state index contributed by atoms with van der Waals surface area (Å²) in [5, 5.41) is 14.7. The summed E-state index contributed by atoms with van der Waals surface area (Å²) in [6.45, 7) is 0. The Kier molecular flexibility index (Phi) is 3.66. The fraction of sp³-hybridized carbons (Fsp3) is 0. The molecule has 0 aliphatic carbocycles. The van der Waals surface area contributed by atoms with Crippen molar-refractivity contribution in [2.24, 2.45) is 0 Å². The Morgan fingerprint density at radius 2 is 1.62 bits per heavy atom. The first-order valence-electron chi connectivity index (χ1n) is 6.76. The normalized spacial score (nSPS) is 14.2. The van der Waals surface area contributed by atoms with Crippen LogP contribution in [-0.4, -0.2) is 27.3 Å². The van der Waals surface area contributed by atoms with Gasteiger partial charge in [0.15, 0.2) is 0 Å². The van der Waals surface area contributed by atoms with Crippen molar-refractivity contribution in [2.75, 3.05) is 0 Å². The smallest absolute Gasteiger partial charge is 0.317 e. The van der Waals surface area contributed by atoms with E-state index in [9.17, 15) is 24.5 Å². The van der Waals surface area contributed by atoms with Crippen LogP contribution in [0, 0.1) is 10.1 Å². The Hall–Kier alpha value is -3.75. The molecule has 2 N–H and O–H groups in total. The first-order chi connectivity index (χ1) is 11.5. The molecule has 1 aliphatic heterocycles. The van der Waals surface area contributed by atoms with Gasteiger partial charge in [0.25, 0.3) is 17.5 Å². The van der Waals surface area contributed by atoms with Crippen molar-refractivity contribution >= 4 is 29.6 Å². The molecular weight excluding hydrogens is 316 g/mol. The number of rotatable bonds is 3. The van der Waals surface area contributed by atoms with Crippen LogP contribution in [-0.2, 0) is 9.59 Å². The number of hydrogen-bond donors (Lipinski definition) is 2. The monoisotopic (exact) mass is 326 g/mol. The number of nitro benzene ring substituents is 1. The molecule has 9 nitrogen and oxygen atoms in total. The summed E-state index contributed by atoms with van der Waals surface area (Å²) in [5.74, 6) is -1.58. The zero-order valence-electron chi connectivity index (χ0n) is 12.1. The highest BCUT2D eigenvalue weighted by atomic mass is 16.6. The third-order valence-corrected chi connectivity index (χ3v) is 3.35. The predicted molar refractivity (Wildman–Crippen MR) is 82.1 cm³/mol. The lowest BCUT2D eigenvalue weighted by atomic mass is 10.1. The summed E-state index contributed by atoms with van der Waals surface area (Å²) in [6.07, 6.45) is 3.01. The summed E-state index contributed by atoms with van der Waals surface area (Å²) in [4.78, 5) is 44.8. The second-order valence-electron chi connectivity index (χ2n) is 4.87. The number of nitrogens with one attached hydrogen (secondary N) is 2. The number of amides is 4. The average molecular weight is 326 g/mol. The van der Waals surface area contributed by atoms with Gasteiger partial charge in [0, 0.05) is 29.7 Å². The molecule has 0 unspecified atom stereocenters. The molecule has 2 aromatic rings. The Bertz CT molecular complexity index is 873. The molecule has 4 amide bonds. The molecule has 1 aliphatic rings. The third kappa shape index (κ3) is 2.77. The quantitative estimate of drug-likeness (QED) is 0.379. The van der Waals surface area contributed by atoms with Crippen LogP contribution in [0.5, 0.6) is 0 Å². The minimum absolute atomic E-state index is 0.0460. The van der Waals surface area contributed by atoms with Crippen molar-refractivity contribution in [1.29, 1.82) is 0 Å². The first-order valence-corrected chi connectivity index (χ1v) is 6.76. The largest absolute Gasteiger partial charge is 0.328 e. The van der Waals surface area contributed by atoms with E-state index in [-0.39, 0.29) is 11.3 Å². The van der Waals surface area contributed by atoms with Gasteiger partial charge in [-0.15, -0.1) is 0 Å². The van der Waals surface area contributed by atoms with E-state index in [0.29, 0.717) is 11.4 Å². The van der Waals surface area contributed by atoms with Gasteiger partial charge in [-0.05, 0) is 30.3 Å². The summed E-state index contributed by atoms with van der Waals surface area (Å²) in [6, 6.07) is 8.28. The fourth-order valence-electron chi connectivity index (χ4n) is 2.24. The average Bonchev–Trinajstić information content (AvgIpc) is 2.99. The van der Waals surface area contributed by atoms with E-state index in [1.807, 2.05) is 10.6 Å². The van der Waals surface area contributed by atoms with Crippen molar-refractivity contribution in [1.82, 2.24) is 15.2 Å². The Morgan fingerprint density at radius 1 is 1.00 bits per heavy atom. The third-order valence-electron chi connectivity index (χ3n) is 3.35. The molecule has 1 saturated heterocycles. The van der Waals surface area contributed by atoms with E-state index < -0.39 is 22.8 Å². The highest BCUT2D eigenvalue weighted by Crippen LogP contribution is 2.19. The van der Waals surface area contributed by atoms with Crippen LogP contribution in [0.1, 0.15) is 5.69 Å². The van der Waals surface area contributed by atoms with Gasteiger partial charge >= 0.3 is 6.03 Å². The van der Waals surface area contributed by atoms with Gasteiger partial charge < -0.3 is 4.57 Å². The standard InChI is InChI=1S/C15H10N4O5/c20-13-12(14(21)17-15(22)16-13)8-11-2-1-7-18(11)9-3-5-10(6-4-9)19(23)24/h1-8H,(H2,16,17,20,21,22). The van der Waals surface area contributed by atoms with E-state index in [2.05, 4.69) is 0 Å². The lowest BCUT2D eigenvalue weighted by Gasteiger charge is -2.14. The molecule has 1 fully saturated rings. The number of aromatic nitrogens is 1. The predicted octanol–water partition coefficient (Wildman–Crippen LogP) is 1.13. The molecule has 3 rings (SSSR count). The molecule has 0 radical (unpaired) electrons. The van der Waals surface area contributed by atoms with Crippen LogP contribution in [0.4, 0.5) is 10.5 Å². The molecule has 0 spiro atoms. The zero-order valence-corrected chi connectivity index (χ0v) is 12.1. The van der Waals surface area contributed by atoms with Crippen molar-refractivity contribution in [3.63, 3.8) is 0 Å². The van der Waals surface area contributed by atoms with Gasteiger partial charge in [-0.2, -0.15) is 0 Å². The molecular formula is C15H10N4O5. The number of carbonyl (C=O) groups is 3. The lowest BCUT2D eigenvalue weighted by molar-refractivity contribution is -0.384. The van der Waals surface area contributed by atoms with Gasteiger partial charge in [-0.1, -0.05) is 0 Å². The first kappa shape index (κ1) is 15.2. The Balaban J connectivity index is 1.97. The van der Waals surface area contributed by atoms with E-state index >= 15 is 0 Å². The molecule has 2 heterocycles. The maximum absolute atomic E-state index is 11.8. The Morgan fingerprint density at radius 3 is 2.21 bits per heavy atom. The van der Waals surface area contributed by atoms with Gasteiger partial charge in [-0.3, -0.25) is 30.3 Å². The number of imide groups is 2. The van der Waals surface area contributed by atoms with Gasteiger partial charge in [0.2, 0.25) is 0 Å². The molecule has 120 valence electrons. The number of non-ortho nitro benzene ring substituents is 1. The molecule has 0 bridgehead atoms. The minimum Gasteiger partial charge on any atom is -0.317 e. The van der Waals surface area contributed by atoms with Crippen LogP contribution < -0.4 is 10.6 Å². The molecule has 1 aromatic heterocycles. The van der Waals surface area contributed by atoms with Crippen LogP contribution in [0.25, 0.3) is 11.8 Å². The molecule has 1 aromatic carbocycles. The number of urea groups is 1. The fourth-order valence-corrected chi connectivity index (χ4v) is 2.24. The van der Waals surface area contributed by atoms with E-state index in [0.717, 1.165) is 0 Å². The molecule has 0 saturated carbocycles. The van der Waals surface area contributed by atoms with Crippen molar-refractivity contribution < 1.29 is 19.3 Å². The lowest BCUT2D eigenvalue weighted by Crippen LogP contribution is -2.51. The topological polar surface area (TPSA) is 123 Å². The van der Waals surface area contributed by atoms with Crippen LogP contribution in [0.15, 0.2) is 48.2 Å². The number of barbiturate groups is 1. The van der Waals surface area contributed by atoms with E-state index in [1.54, 1.807) is 35.0 Å². The summed E-state index contributed by atoms with van der Waals surface area (Å²) < 4.78 is 1.65. The summed E-state index contributed by atoms with van der Waals surface area (Å²) >= 11 is 0. The molecule has 24 heavy (non-hydrogen) atoms. The summed E-state index contributed by atoms with van der Waals surface area (Å²) in [7, 11) is 0. The second kappa shape index (κ2) is 5.80. The molecule has 9 heteroatoms. The van der Waals surface area contributed by atoms with Crippen LogP contribution in [0.2, 0.25) is 0 Å². The minimum atomic E-state index is -0.868. The summed E-state index contributed by atoms with van der Waals surface area (Å²) in [5.41, 5.74) is 0.857. The van der Waals surface area contributed by atoms with E-state index in [1.165, 1.54) is 18.2 Å². The Labute approximate surface area is 134 Å². The maximum atomic E-state index is 11.8. The maximum Gasteiger partial charge on any atom is 0.328 e. The van der Waals surface area contributed by atoms with Crippen LogP contribution >= 0.6 is 0 Å². The van der Waals surface area contributed by atoms with Crippen molar-refractivity contribution in [3.05, 3.63) is 64.0 Å². The van der Waals surface area contributed by atoms with Crippen LogP contribution in [0.3, 0.4) is 0 Å². The van der Waals surface area contributed by atoms with Crippen molar-refractivity contribution in [3.8, 4) is 5.69 Å². The SMILES string of the molecule is O=C1NC(=O)C(=Cc2cccn2-c2ccc([N+](=O)[O-])cc2)C(=O)N1. The molecule has 0 atom stereocenters. The van der Waals surface area contributed by atoms with Gasteiger partial charge in [0.1, 0.15) is 5.57 Å². The van der Waals surface area contributed by atoms with Gasteiger partial charge in [0.05, 0.1) is 4.92 Å². The second-order valence-corrected chi connectivity index (χ2v) is 4.87. The number of carbonyl (C=O) groups excluding carboxylic acids is 3. The number of hydrogen-bond acceptors (Lipinski definition) is 5. The highest BCUT2D eigenvalue weighted by molar-refractivity contribution is 6.31. The number of benzene rings is 1. The number of nitro groups is 1. The number of nitrogens with zero attached hydrogens (tertiary/aromatic N) is 2. The van der Waals surface area contributed by atoms with Crippen molar-refractivity contribution in [2.45, 2.75) is 0 Å². The zero-order chi connectivity index (χ0) is 17.3. The highest BCUT2D eigenvalue weighted by Gasteiger charge is 2.28. The van der Waals surface area contributed by atoms with Gasteiger partial charge in [-0.25, -0.2) is 4.79 Å². The van der Waals surface area contributed by atoms with E-state index in [4.69, 9.17) is 0 Å².